The third-order valence-corrected chi connectivity index (χ3v) is 14.4. The van der Waals surface area contributed by atoms with E-state index in [1.165, 1.54) is 6.92 Å². The Morgan fingerprint density at radius 1 is 0.570 bits per heavy atom. The fraction of sp³-hybridized carbons (Fsp3) is 0.956. The Kier molecular flexibility index (Phi) is 23.8. The van der Waals surface area contributed by atoms with E-state index in [-0.39, 0.29) is 6.47 Å². The number of amides is 1. The highest BCUT2D eigenvalue weighted by Crippen LogP contribution is 2.41. The molecule has 1 amide bonds. The molecule has 19 N–H and O–H groups in total. The maximum Gasteiger partial charge on any atom is 0.332 e. The normalized spacial score (nSPS) is 47.8. The number of hydrogen-bond donors (Lipinski definition) is 19. The number of aliphatic hydroxyl groups is 18. The van der Waals surface area contributed by atoms with Crippen molar-refractivity contribution in [3.63, 3.8) is 0 Å². The molecule has 460 valence electrons. The molecule has 0 aromatic heterocycles. The Hall–Kier alpha value is -2.26. The van der Waals surface area contributed by atoms with Crippen LogP contribution in [0.25, 0.3) is 0 Å². The van der Waals surface area contributed by atoms with Gasteiger partial charge in [0.1, 0.15) is 134 Å². The van der Waals surface area contributed by atoms with Crippen LogP contribution in [0.15, 0.2) is 0 Å². The molecule has 34 nitrogen and oxygen atoms in total. The van der Waals surface area contributed by atoms with Crippen molar-refractivity contribution in [3.05, 3.63) is 0 Å². The van der Waals surface area contributed by atoms with Gasteiger partial charge in [0.25, 0.3) is 6.47 Å². The predicted octanol–water partition coefficient (Wildman–Crippen LogP) is -12.0. The average molecular weight is 1160 g/mol. The van der Waals surface area contributed by atoms with Gasteiger partial charge in [0.05, 0.1) is 64.4 Å². The van der Waals surface area contributed by atoms with Crippen LogP contribution in [-0.2, 0) is 71.2 Å². The summed E-state index contributed by atoms with van der Waals surface area (Å²) < 4.78 is 74.2. The SMILES string of the molecule is CC(=O)NC1[C@H](O[C@@H]2C(O)[C@@H](O[C@H]3C(CO)O[C@@H](O[C@@H]4C(CO)O[C@@H](OC(C)C)C(O)[C@H]4O)C(O)[C@H]3O)OC(CO)[C@@H]2O)OC(CO)[C@H](O)[C@@H]1O[C@@H]1OC(CO)[C@H](O)[C@H](O[C@]2(OC=O)C[C@@H](O)[C@@H](C)C([C@H](O)[C@H](O)CO)O2)C1O. The van der Waals surface area contributed by atoms with Crippen LogP contribution in [0.2, 0.25) is 0 Å². The monoisotopic (exact) mass is 1160 g/mol. The maximum atomic E-state index is 12.9. The Morgan fingerprint density at radius 2 is 0.987 bits per heavy atom. The molecule has 0 radical (unpaired) electrons. The second-order valence-electron chi connectivity index (χ2n) is 20.3. The van der Waals surface area contributed by atoms with E-state index in [1.807, 2.05) is 0 Å². The van der Waals surface area contributed by atoms with Crippen molar-refractivity contribution in [2.75, 3.05) is 39.6 Å². The van der Waals surface area contributed by atoms with Gasteiger partial charge < -0.3 is 159 Å². The van der Waals surface area contributed by atoms with Gasteiger partial charge in [-0.3, -0.25) is 9.59 Å². The number of aliphatic hydroxyl groups excluding tert-OH is 18. The summed E-state index contributed by atoms with van der Waals surface area (Å²) in [5, 5.41) is 198. The molecule has 6 aliphatic heterocycles. The molecular formula is C45H77NO33. The third-order valence-electron chi connectivity index (χ3n) is 14.4. The lowest BCUT2D eigenvalue weighted by atomic mass is 9.86. The highest BCUT2D eigenvalue weighted by Gasteiger charge is 2.60. The molecule has 6 fully saturated rings. The molecule has 0 aliphatic carbocycles. The minimum absolute atomic E-state index is 0.211. The fourth-order valence-electron chi connectivity index (χ4n) is 10.1. The van der Waals surface area contributed by atoms with E-state index >= 15 is 0 Å². The zero-order valence-corrected chi connectivity index (χ0v) is 43.1. The summed E-state index contributed by atoms with van der Waals surface area (Å²) in [4.78, 5) is 24.7. The minimum Gasteiger partial charge on any atom is -0.410 e. The van der Waals surface area contributed by atoms with Crippen LogP contribution in [0.5, 0.6) is 0 Å². The third kappa shape index (κ3) is 14.5. The van der Waals surface area contributed by atoms with Crippen LogP contribution in [-0.4, -0.2) is 334 Å². The van der Waals surface area contributed by atoms with Crippen molar-refractivity contribution >= 4 is 12.4 Å². The first-order chi connectivity index (χ1) is 37.3. The number of rotatable bonds is 23. The topological polar surface area (TPSA) is 530 Å². The number of hydrogen-bond acceptors (Lipinski definition) is 33. The molecule has 11 unspecified atom stereocenters. The first kappa shape index (κ1) is 65.9. The lowest BCUT2D eigenvalue weighted by Gasteiger charge is -2.51. The Labute approximate surface area is 449 Å². The van der Waals surface area contributed by atoms with E-state index in [0.29, 0.717) is 0 Å². The second kappa shape index (κ2) is 28.5. The number of nitrogens with one attached hydrogen (secondary N) is 1. The second-order valence-corrected chi connectivity index (χ2v) is 20.3. The van der Waals surface area contributed by atoms with E-state index in [0.717, 1.165) is 6.92 Å². The minimum atomic E-state index is -2.79. The van der Waals surface area contributed by atoms with Gasteiger partial charge >= 0.3 is 5.97 Å². The summed E-state index contributed by atoms with van der Waals surface area (Å²) in [5.74, 6) is -4.74. The van der Waals surface area contributed by atoms with Gasteiger partial charge in [0.2, 0.25) is 5.91 Å². The van der Waals surface area contributed by atoms with Gasteiger partial charge in [-0.2, -0.15) is 0 Å². The zero-order valence-electron chi connectivity index (χ0n) is 43.1. The molecule has 34 heteroatoms. The van der Waals surface area contributed by atoms with E-state index in [9.17, 15) is 102 Å². The van der Waals surface area contributed by atoms with Crippen LogP contribution in [0.1, 0.15) is 34.1 Å². The van der Waals surface area contributed by atoms with Crippen molar-refractivity contribution in [1.82, 2.24) is 5.32 Å². The van der Waals surface area contributed by atoms with Crippen molar-refractivity contribution in [1.29, 1.82) is 0 Å². The van der Waals surface area contributed by atoms with Crippen LogP contribution >= 0.6 is 0 Å². The highest BCUT2D eigenvalue weighted by atomic mass is 16.9. The lowest BCUT2D eigenvalue weighted by molar-refractivity contribution is -0.448. The summed E-state index contributed by atoms with van der Waals surface area (Å²) in [7, 11) is 0. The molecule has 6 saturated heterocycles. The van der Waals surface area contributed by atoms with Crippen molar-refractivity contribution in [2.24, 2.45) is 5.92 Å². The Balaban J connectivity index is 1.23. The molecule has 0 aromatic carbocycles. The molecular weight excluding hydrogens is 1080 g/mol. The molecule has 0 saturated carbocycles. The molecule has 6 rings (SSSR count). The van der Waals surface area contributed by atoms with Gasteiger partial charge in [-0.15, -0.1) is 0 Å². The van der Waals surface area contributed by atoms with E-state index in [2.05, 4.69) is 5.32 Å². The first-order valence-electron chi connectivity index (χ1n) is 25.5. The standard InChI is InChI=1S/C45H77NO33/c1-13(2)68-41-30(63)28(61)35(21(10-51)72-41)74-42-31(64)29(62)36(22(11-52)73-42)75-43-32(65)38(26(59)19(8-49)70-43)77-40-23(46-15(4)54)37(25(58)18(7-48)69-40)76-44-33(66)39(27(60)20(9-50)71-44)79-45(67-12-53)5-16(55)14(3)34(78-45)24(57)17(56)6-47/h12-14,16-44,47-52,55-66H,5-11H2,1-4H3,(H,46,54)/t14-,16-,17-,18?,19?,20?,21?,22?,23?,24-,25+,26+,27+,28-,29-,30?,31?,32?,33?,34?,35-,36+,37-,38+,39+,40+,41-,42+,43-,44+,45+/m1/s1. The number of carbonyl (C=O) groups excluding carboxylic acids is 2. The van der Waals surface area contributed by atoms with Crippen molar-refractivity contribution in [2.45, 2.75) is 224 Å². The van der Waals surface area contributed by atoms with E-state index in [4.69, 9.17) is 61.6 Å². The van der Waals surface area contributed by atoms with Gasteiger partial charge in [-0.05, 0) is 13.8 Å². The largest absolute Gasteiger partial charge is 0.410 e. The van der Waals surface area contributed by atoms with Gasteiger partial charge in [-0.25, -0.2) is 0 Å². The summed E-state index contributed by atoms with van der Waals surface area (Å²) in [5.41, 5.74) is 0. The van der Waals surface area contributed by atoms with Gasteiger partial charge in [0, 0.05) is 12.8 Å². The van der Waals surface area contributed by atoms with Crippen molar-refractivity contribution in [3.8, 4) is 0 Å². The summed E-state index contributed by atoms with van der Waals surface area (Å²) in [6.45, 7) is -0.608. The quantitative estimate of drug-likeness (QED) is 0.0334. The average Bonchev–Trinajstić information content (AvgIpc) is 3.44. The highest BCUT2D eigenvalue weighted by molar-refractivity contribution is 5.73. The smallest absolute Gasteiger partial charge is 0.332 e. The maximum absolute atomic E-state index is 12.9. The Morgan fingerprint density at radius 3 is 1.47 bits per heavy atom. The van der Waals surface area contributed by atoms with Crippen LogP contribution < -0.4 is 5.32 Å². The predicted molar refractivity (Wildman–Crippen MR) is 245 cm³/mol. The molecule has 6 heterocycles. The van der Waals surface area contributed by atoms with Crippen LogP contribution in [0.3, 0.4) is 0 Å². The summed E-state index contributed by atoms with van der Waals surface area (Å²) in [6, 6.07) is -1.85. The van der Waals surface area contributed by atoms with Crippen molar-refractivity contribution < 1.29 is 163 Å². The van der Waals surface area contributed by atoms with Crippen LogP contribution in [0.4, 0.5) is 0 Å². The summed E-state index contributed by atoms with van der Waals surface area (Å²) in [6.07, 6.45) is -54.6. The zero-order chi connectivity index (χ0) is 58.5. The number of ether oxygens (including phenoxy) is 13. The molecule has 0 aromatic rings. The molecule has 79 heavy (non-hydrogen) atoms. The van der Waals surface area contributed by atoms with Gasteiger partial charge in [-0.1, -0.05) is 6.92 Å². The number of carbonyl (C=O) groups is 2. The summed E-state index contributed by atoms with van der Waals surface area (Å²) >= 11 is 0. The molecule has 0 bridgehead atoms. The van der Waals surface area contributed by atoms with E-state index in [1.54, 1.807) is 13.8 Å². The first-order valence-corrected chi connectivity index (χ1v) is 25.5. The van der Waals surface area contributed by atoms with Gasteiger partial charge in [0.15, 0.2) is 31.5 Å². The molecule has 6 aliphatic rings. The molecule has 0 spiro atoms. The fourth-order valence-corrected chi connectivity index (χ4v) is 10.1. The van der Waals surface area contributed by atoms with Crippen LogP contribution in [0, 0.1) is 5.92 Å². The Bertz CT molecular complexity index is 1880. The lowest BCUT2D eigenvalue weighted by Crippen LogP contribution is -2.70. The molecule has 31 atom stereocenters. The van der Waals surface area contributed by atoms with E-state index < -0.39 is 248 Å².